The topological polar surface area (TPSA) is 46.5 Å². The van der Waals surface area contributed by atoms with Crippen molar-refractivity contribution in [3.05, 3.63) is 0 Å². The zero-order chi connectivity index (χ0) is 9.35. The number of carbonyl (C=O) groups is 1. The number of rotatable bonds is 2. The minimum Gasteiger partial charge on any atom is -0.393 e. The summed E-state index contributed by atoms with van der Waals surface area (Å²) in [7, 11) is 0. The van der Waals surface area contributed by atoms with E-state index in [0.29, 0.717) is 13.0 Å². The van der Waals surface area contributed by atoms with Crippen LogP contribution in [0.2, 0.25) is 0 Å². The largest absolute Gasteiger partial charge is 0.393 e. The molecule has 0 aliphatic carbocycles. The smallest absolute Gasteiger partial charge is 0.169 e. The zero-order valence-electron chi connectivity index (χ0n) is 7.83. The minimum absolute atomic E-state index is 0.111. The molecule has 1 aliphatic rings. The molecule has 0 aromatic rings. The van der Waals surface area contributed by atoms with Gasteiger partial charge in [0.1, 0.15) is 5.60 Å². The normalized spacial score (nSPS) is 30.7. The molecule has 1 fully saturated rings. The summed E-state index contributed by atoms with van der Waals surface area (Å²) in [5.41, 5.74) is -0.639. The van der Waals surface area contributed by atoms with Gasteiger partial charge < -0.3 is 9.84 Å². The summed E-state index contributed by atoms with van der Waals surface area (Å²) in [4.78, 5) is 11.5. The Hall–Kier alpha value is -0.410. The Kier molecular flexibility index (Phi) is 2.54. The molecule has 1 heterocycles. The molecule has 0 saturated carbocycles. The monoisotopic (exact) mass is 172 g/mol. The van der Waals surface area contributed by atoms with E-state index in [-0.39, 0.29) is 11.7 Å². The molecule has 2 atom stereocenters. The van der Waals surface area contributed by atoms with Crippen LogP contribution in [0.3, 0.4) is 0 Å². The van der Waals surface area contributed by atoms with Gasteiger partial charge >= 0.3 is 0 Å². The zero-order valence-corrected chi connectivity index (χ0v) is 7.83. The Morgan fingerprint density at radius 2 is 2.33 bits per heavy atom. The molecule has 0 spiro atoms. The van der Waals surface area contributed by atoms with Gasteiger partial charge in [0.15, 0.2) is 5.78 Å². The van der Waals surface area contributed by atoms with Crippen molar-refractivity contribution in [1.29, 1.82) is 0 Å². The third-order valence-corrected chi connectivity index (χ3v) is 2.24. The Bertz CT molecular complexity index is 184. The van der Waals surface area contributed by atoms with Crippen LogP contribution in [-0.4, -0.2) is 29.2 Å². The molecular formula is C9H16O3. The fourth-order valence-electron chi connectivity index (χ4n) is 1.53. The fourth-order valence-corrected chi connectivity index (χ4v) is 1.53. The second-order valence-corrected chi connectivity index (χ2v) is 3.97. The van der Waals surface area contributed by atoms with E-state index in [9.17, 15) is 4.79 Å². The number of hydrogen-bond acceptors (Lipinski definition) is 3. The van der Waals surface area contributed by atoms with Crippen LogP contribution in [-0.2, 0) is 9.53 Å². The van der Waals surface area contributed by atoms with Crippen molar-refractivity contribution in [2.45, 2.75) is 38.9 Å². The number of ketones is 1. The molecule has 0 bridgehead atoms. The lowest BCUT2D eigenvalue weighted by atomic mass is 9.92. The van der Waals surface area contributed by atoms with E-state index in [4.69, 9.17) is 9.84 Å². The first-order valence-electron chi connectivity index (χ1n) is 4.30. The number of hydrogen-bond donors (Lipinski definition) is 1. The molecule has 0 aromatic carbocycles. The lowest BCUT2D eigenvalue weighted by Crippen LogP contribution is -2.30. The first-order chi connectivity index (χ1) is 5.43. The highest BCUT2D eigenvalue weighted by Crippen LogP contribution is 2.28. The number of Topliss-reactive ketones (excluding diaryl/α,β-unsaturated/α-hetero) is 1. The third kappa shape index (κ3) is 1.84. The van der Waals surface area contributed by atoms with Crippen molar-refractivity contribution in [3.63, 3.8) is 0 Å². The Morgan fingerprint density at radius 1 is 1.75 bits per heavy atom. The van der Waals surface area contributed by atoms with E-state index < -0.39 is 11.7 Å². The van der Waals surface area contributed by atoms with Crippen LogP contribution in [0.4, 0.5) is 0 Å². The van der Waals surface area contributed by atoms with Crippen LogP contribution in [0, 0.1) is 5.92 Å². The van der Waals surface area contributed by atoms with Crippen molar-refractivity contribution in [3.8, 4) is 0 Å². The highest BCUT2D eigenvalue weighted by molar-refractivity contribution is 5.90. The van der Waals surface area contributed by atoms with Gasteiger partial charge in [-0.1, -0.05) is 0 Å². The number of carbonyl (C=O) groups excluding carboxylic acids is 1. The molecule has 3 nitrogen and oxygen atoms in total. The summed E-state index contributed by atoms with van der Waals surface area (Å²) >= 11 is 0. The van der Waals surface area contributed by atoms with Gasteiger partial charge in [-0.2, -0.15) is 0 Å². The van der Waals surface area contributed by atoms with E-state index in [1.165, 1.54) is 0 Å². The van der Waals surface area contributed by atoms with Crippen LogP contribution in [0.1, 0.15) is 27.2 Å². The summed E-state index contributed by atoms with van der Waals surface area (Å²) in [6.07, 6.45) is 0.0962. The van der Waals surface area contributed by atoms with Crippen molar-refractivity contribution >= 4 is 5.78 Å². The lowest BCUT2D eigenvalue weighted by molar-refractivity contribution is -0.130. The van der Waals surface area contributed by atoms with Gasteiger partial charge in [0.25, 0.3) is 0 Å². The van der Waals surface area contributed by atoms with Crippen LogP contribution < -0.4 is 0 Å². The molecule has 1 saturated heterocycles. The molecule has 70 valence electrons. The third-order valence-electron chi connectivity index (χ3n) is 2.24. The van der Waals surface area contributed by atoms with E-state index in [2.05, 4.69) is 0 Å². The molecule has 0 radical (unpaired) electrons. The molecule has 1 aliphatic heterocycles. The maximum atomic E-state index is 11.5. The SMILES string of the molecule is CC(O)CC1COC(C)(C)C1=O. The van der Waals surface area contributed by atoms with Crippen molar-refractivity contribution in [2.75, 3.05) is 6.61 Å². The van der Waals surface area contributed by atoms with Gasteiger partial charge in [0.2, 0.25) is 0 Å². The maximum absolute atomic E-state index is 11.5. The highest BCUT2D eigenvalue weighted by Gasteiger charge is 2.41. The van der Waals surface area contributed by atoms with Gasteiger partial charge in [-0.05, 0) is 27.2 Å². The number of aliphatic hydroxyl groups is 1. The van der Waals surface area contributed by atoms with E-state index in [1.807, 2.05) is 0 Å². The predicted octanol–water partition coefficient (Wildman–Crippen LogP) is 0.751. The summed E-state index contributed by atoms with van der Waals surface area (Å²) in [6.45, 7) is 5.70. The average Bonchev–Trinajstić information content (AvgIpc) is 2.15. The molecule has 3 heteroatoms. The number of aliphatic hydroxyl groups excluding tert-OH is 1. The van der Waals surface area contributed by atoms with Crippen LogP contribution in [0.5, 0.6) is 0 Å². The maximum Gasteiger partial charge on any atom is 0.169 e. The summed E-state index contributed by atoms with van der Waals surface area (Å²) < 4.78 is 5.31. The molecule has 0 amide bonds. The molecule has 2 unspecified atom stereocenters. The van der Waals surface area contributed by atoms with Crippen LogP contribution >= 0.6 is 0 Å². The van der Waals surface area contributed by atoms with E-state index >= 15 is 0 Å². The second-order valence-electron chi connectivity index (χ2n) is 3.97. The predicted molar refractivity (Wildman–Crippen MR) is 44.8 cm³/mol. The summed E-state index contributed by atoms with van der Waals surface area (Å²) in [6, 6.07) is 0. The molecule has 0 aromatic heterocycles. The molecule has 1 N–H and O–H groups in total. The van der Waals surface area contributed by atoms with Crippen LogP contribution in [0.15, 0.2) is 0 Å². The van der Waals surface area contributed by atoms with Gasteiger partial charge in [-0.3, -0.25) is 4.79 Å². The summed E-state index contributed by atoms with van der Waals surface area (Å²) in [5, 5.41) is 9.09. The quantitative estimate of drug-likeness (QED) is 0.668. The number of ether oxygens (including phenoxy) is 1. The van der Waals surface area contributed by atoms with Crippen molar-refractivity contribution in [1.82, 2.24) is 0 Å². The van der Waals surface area contributed by atoms with Gasteiger partial charge in [0.05, 0.1) is 12.7 Å². The lowest BCUT2D eigenvalue weighted by Gasteiger charge is -2.14. The van der Waals surface area contributed by atoms with Gasteiger partial charge in [0, 0.05) is 5.92 Å². The van der Waals surface area contributed by atoms with Crippen molar-refractivity contribution in [2.24, 2.45) is 5.92 Å². The molecular weight excluding hydrogens is 156 g/mol. The van der Waals surface area contributed by atoms with E-state index in [0.717, 1.165) is 0 Å². The fraction of sp³-hybridized carbons (Fsp3) is 0.889. The average molecular weight is 172 g/mol. The standard InChI is InChI=1S/C9H16O3/c1-6(10)4-7-5-12-9(2,3)8(7)11/h6-7,10H,4-5H2,1-3H3. The Balaban J connectivity index is 2.56. The first-order valence-corrected chi connectivity index (χ1v) is 4.30. The van der Waals surface area contributed by atoms with E-state index in [1.54, 1.807) is 20.8 Å². The van der Waals surface area contributed by atoms with Crippen LogP contribution in [0.25, 0.3) is 0 Å². The Labute approximate surface area is 72.7 Å². The van der Waals surface area contributed by atoms with Crippen molar-refractivity contribution < 1.29 is 14.6 Å². The van der Waals surface area contributed by atoms with Gasteiger partial charge in [-0.25, -0.2) is 0 Å². The highest BCUT2D eigenvalue weighted by atomic mass is 16.5. The summed E-state index contributed by atoms with van der Waals surface area (Å²) in [5.74, 6) is 0.00315. The Morgan fingerprint density at radius 3 is 2.67 bits per heavy atom. The second kappa shape index (κ2) is 3.15. The minimum atomic E-state index is -0.639. The first kappa shape index (κ1) is 9.68. The molecule has 12 heavy (non-hydrogen) atoms. The van der Waals surface area contributed by atoms with Gasteiger partial charge in [-0.15, -0.1) is 0 Å². The molecule has 1 rings (SSSR count).